The SMILES string of the molecule is COc1ccc2c(c1)OCC(C)(C)C=C2/C=C/C(C)=O. The topological polar surface area (TPSA) is 35.5 Å². The predicted octanol–water partition coefficient (Wildman–Crippen LogP) is 3.64. The molecule has 1 heterocycles. The molecule has 0 amide bonds. The van der Waals surface area contributed by atoms with Crippen LogP contribution in [0.4, 0.5) is 0 Å². The molecule has 0 bridgehead atoms. The van der Waals surface area contributed by atoms with Gasteiger partial charge in [0.2, 0.25) is 0 Å². The maximum absolute atomic E-state index is 11.2. The molecule has 1 aliphatic rings. The molecule has 0 spiro atoms. The summed E-state index contributed by atoms with van der Waals surface area (Å²) in [6.07, 6.45) is 5.58. The first-order chi connectivity index (χ1) is 9.41. The van der Waals surface area contributed by atoms with Gasteiger partial charge >= 0.3 is 0 Å². The number of rotatable bonds is 3. The Kier molecular flexibility index (Phi) is 3.98. The van der Waals surface area contributed by atoms with Gasteiger partial charge in [-0.05, 0) is 30.7 Å². The van der Waals surface area contributed by atoms with E-state index in [0.29, 0.717) is 6.61 Å². The number of carbonyl (C=O) groups excluding carboxylic acids is 1. The van der Waals surface area contributed by atoms with Crippen LogP contribution in [0, 0.1) is 5.41 Å². The Morgan fingerprint density at radius 3 is 2.80 bits per heavy atom. The van der Waals surface area contributed by atoms with Gasteiger partial charge in [-0.2, -0.15) is 0 Å². The average molecular weight is 272 g/mol. The lowest BCUT2D eigenvalue weighted by Crippen LogP contribution is -2.17. The van der Waals surface area contributed by atoms with E-state index in [0.717, 1.165) is 22.6 Å². The molecule has 0 aromatic heterocycles. The fourth-order valence-electron chi connectivity index (χ4n) is 2.14. The second kappa shape index (κ2) is 5.53. The van der Waals surface area contributed by atoms with Crippen LogP contribution >= 0.6 is 0 Å². The number of benzene rings is 1. The van der Waals surface area contributed by atoms with Crippen molar-refractivity contribution in [2.75, 3.05) is 13.7 Å². The van der Waals surface area contributed by atoms with Crippen molar-refractivity contribution in [2.45, 2.75) is 20.8 Å². The van der Waals surface area contributed by atoms with Gasteiger partial charge in [0.05, 0.1) is 13.7 Å². The lowest BCUT2D eigenvalue weighted by molar-refractivity contribution is -0.112. The molecule has 1 aromatic rings. The van der Waals surface area contributed by atoms with Gasteiger partial charge in [-0.1, -0.05) is 26.0 Å². The highest BCUT2D eigenvalue weighted by molar-refractivity contribution is 5.91. The van der Waals surface area contributed by atoms with Gasteiger partial charge in [0.15, 0.2) is 5.78 Å². The fraction of sp³-hybridized carbons (Fsp3) is 0.353. The summed E-state index contributed by atoms with van der Waals surface area (Å²) in [7, 11) is 1.63. The first kappa shape index (κ1) is 14.4. The summed E-state index contributed by atoms with van der Waals surface area (Å²) in [5.74, 6) is 1.58. The molecule has 3 nitrogen and oxygen atoms in total. The minimum Gasteiger partial charge on any atom is -0.497 e. The molecular weight excluding hydrogens is 252 g/mol. The number of hydrogen-bond donors (Lipinski definition) is 0. The van der Waals surface area contributed by atoms with Gasteiger partial charge < -0.3 is 9.47 Å². The number of carbonyl (C=O) groups is 1. The number of hydrogen-bond acceptors (Lipinski definition) is 3. The third-order valence-electron chi connectivity index (χ3n) is 3.14. The molecule has 2 rings (SSSR count). The normalized spacial score (nSPS) is 16.9. The summed E-state index contributed by atoms with van der Waals surface area (Å²) < 4.78 is 11.1. The first-order valence-corrected chi connectivity index (χ1v) is 6.64. The summed E-state index contributed by atoms with van der Waals surface area (Å²) in [5.41, 5.74) is 1.89. The molecule has 0 aliphatic carbocycles. The predicted molar refractivity (Wildman–Crippen MR) is 80.1 cm³/mol. The molecular formula is C17H20O3. The summed E-state index contributed by atoms with van der Waals surface area (Å²) in [6, 6.07) is 5.74. The zero-order valence-corrected chi connectivity index (χ0v) is 12.4. The van der Waals surface area contributed by atoms with Crippen LogP contribution < -0.4 is 9.47 Å². The van der Waals surface area contributed by atoms with Crippen LogP contribution in [0.15, 0.2) is 36.4 Å². The Balaban J connectivity index is 2.50. The smallest absolute Gasteiger partial charge is 0.152 e. The minimum atomic E-state index is -0.0945. The third kappa shape index (κ3) is 3.29. The Morgan fingerprint density at radius 1 is 1.40 bits per heavy atom. The van der Waals surface area contributed by atoms with E-state index in [1.54, 1.807) is 20.1 Å². The van der Waals surface area contributed by atoms with E-state index >= 15 is 0 Å². The van der Waals surface area contributed by atoms with Crippen LogP contribution in [-0.2, 0) is 4.79 Å². The van der Waals surface area contributed by atoms with E-state index in [2.05, 4.69) is 19.9 Å². The lowest BCUT2D eigenvalue weighted by Gasteiger charge is -2.18. The molecule has 0 radical (unpaired) electrons. The van der Waals surface area contributed by atoms with Crippen molar-refractivity contribution in [3.63, 3.8) is 0 Å². The first-order valence-electron chi connectivity index (χ1n) is 6.64. The highest BCUT2D eigenvalue weighted by Gasteiger charge is 2.23. The van der Waals surface area contributed by atoms with Crippen molar-refractivity contribution in [3.05, 3.63) is 42.0 Å². The second-order valence-electron chi connectivity index (χ2n) is 5.68. The molecule has 0 saturated heterocycles. The highest BCUT2D eigenvalue weighted by Crippen LogP contribution is 2.37. The molecule has 0 unspecified atom stereocenters. The number of ether oxygens (including phenoxy) is 2. The van der Waals surface area contributed by atoms with Crippen molar-refractivity contribution >= 4 is 11.4 Å². The molecule has 106 valence electrons. The Labute approximate surface area is 119 Å². The zero-order chi connectivity index (χ0) is 14.8. The van der Waals surface area contributed by atoms with Crippen molar-refractivity contribution in [3.8, 4) is 11.5 Å². The molecule has 0 N–H and O–H groups in total. The third-order valence-corrected chi connectivity index (χ3v) is 3.14. The summed E-state index contributed by atoms with van der Waals surface area (Å²) in [4.78, 5) is 11.2. The molecule has 1 aromatic carbocycles. The lowest BCUT2D eigenvalue weighted by atomic mass is 9.90. The van der Waals surface area contributed by atoms with Crippen LogP contribution in [0.25, 0.3) is 5.57 Å². The molecule has 1 aliphatic heterocycles. The van der Waals surface area contributed by atoms with E-state index in [-0.39, 0.29) is 11.2 Å². The van der Waals surface area contributed by atoms with Crippen molar-refractivity contribution in [1.82, 2.24) is 0 Å². The largest absolute Gasteiger partial charge is 0.497 e. The van der Waals surface area contributed by atoms with E-state index in [9.17, 15) is 4.79 Å². The van der Waals surface area contributed by atoms with Crippen LogP contribution in [0.5, 0.6) is 11.5 Å². The van der Waals surface area contributed by atoms with Crippen LogP contribution in [0.3, 0.4) is 0 Å². The van der Waals surface area contributed by atoms with Crippen molar-refractivity contribution in [1.29, 1.82) is 0 Å². The quantitative estimate of drug-likeness (QED) is 0.788. The maximum atomic E-state index is 11.2. The van der Waals surface area contributed by atoms with E-state index in [1.807, 2.05) is 24.3 Å². The molecule has 3 heteroatoms. The van der Waals surface area contributed by atoms with Gasteiger partial charge in [0.25, 0.3) is 0 Å². The van der Waals surface area contributed by atoms with Gasteiger partial charge in [0, 0.05) is 17.0 Å². The molecule has 0 fully saturated rings. The van der Waals surface area contributed by atoms with Gasteiger partial charge in [-0.25, -0.2) is 0 Å². The highest BCUT2D eigenvalue weighted by atomic mass is 16.5. The molecule has 0 atom stereocenters. The Hall–Kier alpha value is -2.03. The fourth-order valence-corrected chi connectivity index (χ4v) is 2.14. The monoisotopic (exact) mass is 272 g/mol. The number of allylic oxidation sites excluding steroid dienone is 3. The Bertz CT molecular complexity index is 580. The van der Waals surface area contributed by atoms with Crippen molar-refractivity contribution < 1.29 is 14.3 Å². The van der Waals surface area contributed by atoms with Crippen LogP contribution in [0.2, 0.25) is 0 Å². The standard InChI is InChI=1S/C17H20O3/c1-12(18)5-6-13-10-17(2,3)11-20-16-9-14(19-4)7-8-15(13)16/h5-10H,11H2,1-4H3/b6-5+. The molecule has 0 saturated carbocycles. The summed E-state index contributed by atoms with van der Waals surface area (Å²) >= 11 is 0. The van der Waals surface area contributed by atoms with Gasteiger partial charge in [-0.15, -0.1) is 0 Å². The van der Waals surface area contributed by atoms with E-state index < -0.39 is 0 Å². The maximum Gasteiger partial charge on any atom is 0.152 e. The van der Waals surface area contributed by atoms with Gasteiger partial charge in [0.1, 0.15) is 11.5 Å². The van der Waals surface area contributed by atoms with Crippen LogP contribution in [0.1, 0.15) is 26.3 Å². The summed E-state index contributed by atoms with van der Waals surface area (Å²) in [6.45, 7) is 6.35. The average Bonchev–Trinajstić information content (AvgIpc) is 2.52. The van der Waals surface area contributed by atoms with Gasteiger partial charge in [-0.3, -0.25) is 4.79 Å². The second-order valence-corrected chi connectivity index (χ2v) is 5.68. The minimum absolute atomic E-state index is 0.0314. The molecule has 20 heavy (non-hydrogen) atoms. The van der Waals surface area contributed by atoms with E-state index in [1.165, 1.54) is 0 Å². The summed E-state index contributed by atoms with van der Waals surface area (Å²) in [5, 5.41) is 0. The number of methoxy groups -OCH3 is 1. The van der Waals surface area contributed by atoms with Crippen molar-refractivity contribution in [2.24, 2.45) is 5.41 Å². The number of fused-ring (bicyclic) bond motifs is 1. The Morgan fingerprint density at radius 2 is 2.15 bits per heavy atom. The van der Waals surface area contributed by atoms with E-state index in [4.69, 9.17) is 9.47 Å². The number of ketones is 1. The zero-order valence-electron chi connectivity index (χ0n) is 12.4. The van der Waals surface area contributed by atoms with Crippen LogP contribution in [-0.4, -0.2) is 19.5 Å².